The normalized spacial score (nSPS) is 18.7. The minimum Gasteiger partial charge on any atom is -0.322 e. The maximum Gasteiger partial charge on any atom is 0.241 e. The maximum absolute atomic E-state index is 13.5. The standard InChI is InChI=1S/C23H29FN4O/c1-23(2)22-26-21(17-8-10-18(24)11-9-17)19(14-16-6-4-3-5-7-16)27(22)12-13-28(23)20(29)15-25/h8-13,16H,3-7,14-15,25H2,1-2H3. The Morgan fingerprint density at radius 2 is 1.86 bits per heavy atom. The maximum atomic E-state index is 13.5. The smallest absolute Gasteiger partial charge is 0.241 e. The Balaban J connectivity index is 1.81. The van der Waals surface area contributed by atoms with Crippen LogP contribution < -0.4 is 5.73 Å². The van der Waals surface area contributed by atoms with Gasteiger partial charge in [0.1, 0.15) is 17.2 Å². The first-order valence-corrected chi connectivity index (χ1v) is 10.5. The van der Waals surface area contributed by atoms with Crippen LogP contribution in [-0.2, 0) is 16.8 Å². The Hall–Kier alpha value is -2.47. The summed E-state index contributed by atoms with van der Waals surface area (Å²) < 4.78 is 15.6. The van der Waals surface area contributed by atoms with Crippen molar-refractivity contribution in [2.75, 3.05) is 6.54 Å². The van der Waals surface area contributed by atoms with Crippen molar-refractivity contribution in [3.05, 3.63) is 47.8 Å². The highest BCUT2D eigenvalue weighted by Crippen LogP contribution is 2.38. The number of carbonyl (C=O) groups excluding carboxylic acids is 1. The van der Waals surface area contributed by atoms with Crippen molar-refractivity contribution in [1.29, 1.82) is 0 Å². The molecule has 2 aromatic rings. The number of amides is 1. The number of nitrogens with two attached hydrogens (primary N) is 1. The lowest BCUT2D eigenvalue weighted by atomic mass is 9.85. The molecule has 0 unspecified atom stereocenters. The van der Waals surface area contributed by atoms with Gasteiger partial charge in [-0.1, -0.05) is 32.1 Å². The molecule has 1 amide bonds. The summed E-state index contributed by atoms with van der Waals surface area (Å²) in [5, 5.41) is 0. The van der Waals surface area contributed by atoms with Crippen molar-refractivity contribution in [2.45, 2.75) is 57.9 Å². The van der Waals surface area contributed by atoms with Gasteiger partial charge in [0.05, 0.1) is 17.9 Å². The molecule has 0 radical (unpaired) electrons. The van der Waals surface area contributed by atoms with Crippen molar-refractivity contribution in [3.8, 4) is 11.3 Å². The lowest BCUT2D eigenvalue weighted by Crippen LogP contribution is -2.47. The van der Waals surface area contributed by atoms with Crippen molar-refractivity contribution in [3.63, 3.8) is 0 Å². The molecule has 2 N–H and O–H groups in total. The lowest BCUT2D eigenvalue weighted by Gasteiger charge is -2.38. The van der Waals surface area contributed by atoms with Crippen molar-refractivity contribution < 1.29 is 9.18 Å². The first-order chi connectivity index (χ1) is 13.9. The van der Waals surface area contributed by atoms with Crippen LogP contribution >= 0.6 is 0 Å². The molecule has 1 aliphatic heterocycles. The third kappa shape index (κ3) is 3.62. The summed E-state index contributed by atoms with van der Waals surface area (Å²) in [5.74, 6) is 1.04. The molecular weight excluding hydrogens is 367 g/mol. The zero-order valence-electron chi connectivity index (χ0n) is 17.2. The van der Waals surface area contributed by atoms with Crippen LogP contribution in [0.25, 0.3) is 17.5 Å². The SMILES string of the molecule is CC1(C)c2nc(-c3ccc(F)cc3)c(CC3CCCCC3)n2C=CN1C(=O)CN. The van der Waals surface area contributed by atoms with Gasteiger partial charge >= 0.3 is 0 Å². The number of nitrogens with zero attached hydrogens (tertiary/aromatic N) is 3. The molecule has 1 fully saturated rings. The molecule has 1 saturated carbocycles. The van der Waals surface area contributed by atoms with E-state index in [2.05, 4.69) is 4.57 Å². The van der Waals surface area contributed by atoms with E-state index in [1.54, 1.807) is 17.0 Å². The lowest BCUT2D eigenvalue weighted by molar-refractivity contribution is -0.132. The largest absolute Gasteiger partial charge is 0.322 e. The van der Waals surface area contributed by atoms with Gasteiger partial charge in [0.15, 0.2) is 0 Å². The van der Waals surface area contributed by atoms with Crippen molar-refractivity contribution in [2.24, 2.45) is 11.7 Å². The quantitative estimate of drug-likeness (QED) is 0.839. The molecule has 1 aromatic carbocycles. The number of hydrogen-bond acceptors (Lipinski definition) is 3. The number of halogens is 1. The Labute approximate surface area is 171 Å². The van der Waals surface area contributed by atoms with Crippen LogP contribution in [0.4, 0.5) is 4.39 Å². The average molecular weight is 397 g/mol. The van der Waals surface area contributed by atoms with E-state index in [0.29, 0.717) is 5.92 Å². The van der Waals surface area contributed by atoms with Crippen LogP contribution in [0, 0.1) is 11.7 Å². The molecule has 0 spiro atoms. The van der Waals surface area contributed by atoms with E-state index < -0.39 is 5.54 Å². The fourth-order valence-corrected chi connectivity index (χ4v) is 4.68. The highest BCUT2D eigenvalue weighted by atomic mass is 19.1. The molecule has 29 heavy (non-hydrogen) atoms. The predicted molar refractivity (Wildman–Crippen MR) is 112 cm³/mol. The molecule has 0 saturated heterocycles. The topological polar surface area (TPSA) is 64.2 Å². The van der Waals surface area contributed by atoms with Crippen LogP contribution in [0.5, 0.6) is 0 Å². The van der Waals surface area contributed by atoms with E-state index in [4.69, 9.17) is 10.7 Å². The number of carbonyl (C=O) groups is 1. The van der Waals surface area contributed by atoms with Gasteiger partial charge in [0.2, 0.25) is 5.91 Å². The predicted octanol–water partition coefficient (Wildman–Crippen LogP) is 4.28. The second kappa shape index (κ2) is 7.75. The molecule has 4 rings (SSSR count). The first kappa shape index (κ1) is 19.8. The molecule has 1 aromatic heterocycles. The van der Waals surface area contributed by atoms with Gasteiger partial charge in [0.25, 0.3) is 0 Å². The van der Waals surface area contributed by atoms with Gasteiger partial charge < -0.3 is 15.2 Å². The second-order valence-electron chi connectivity index (χ2n) is 8.64. The number of aromatic nitrogens is 2. The van der Waals surface area contributed by atoms with Crippen LogP contribution in [-0.4, -0.2) is 26.9 Å². The Morgan fingerprint density at radius 3 is 2.52 bits per heavy atom. The summed E-state index contributed by atoms with van der Waals surface area (Å²) in [4.78, 5) is 19.0. The minimum absolute atomic E-state index is 0.0474. The molecular formula is C23H29FN4O. The summed E-state index contributed by atoms with van der Waals surface area (Å²) in [5.41, 5.74) is 7.92. The third-order valence-corrected chi connectivity index (χ3v) is 6.29. The van der Waals surface area contributed by atoms with Gasteiger partial charge in [-0.25, -0.2) is 9.37 Å². The molecule has 6 heteroatoms. The number of hydrogen-bond donors (Lipinski definition) is 1. The number of rotatable bonds is 4. The first-order valence-electron chi connectivity index (χ1n) is 10.5. The average Bonchev–Trinajstić information content (AvgIpc) is 3.08. The van der Waals surface area contributed by atoms with E-state index >= 15 is 0 Å². The van der Waals surface area contributed by atoms with Gasteiger partial charge in [-0.15, -0.1) is 0 Å². The molecule has 2 aliphatic rings. The zero-order valence-corrected chi connectivity index (χ0v) is 17.2. The van der Waals surface area contributed by atoms with E-state index in [1.807, 2.05) is 26.2 Å². The van der Waals surface area contributed by atoms with Gasteiger partial charge in [-0.2, -0.15) is 0 Å². The number of imidazole rings is 1. The third-order valence-electron chi connectivity index (χ3n) is 6.29. The molecule has 0 bridgehead atoms. The highest BCUT2D eigenvalue weighted by Gasteiger charge is 2.39. The molecule has 5 nitrogen and oxygen atoms in total. The summed E-state index contributed by atoms with van der Waals surface area (Å²) >= 11 is 0. The van der Waals surface area contributed by atoms with E-state index in [-0.39, 0.29) is 18.3 Å². The monoisotopic (exact) mass is 396 g/mol. The zero-order chi connectivity index (χ0) is 20.6. The van der Waals surface area contributed by atoms with Crippen molar-refractivity contribution in [1.82, 2.24) is 14.5 Å². The van der Waals surface area contributed by atoms with Gasteiger partial charge in [0, 0.05) is 18.0 Å². The summed E-state index contributed by atoms with van der Waals surface area (Å²) in [6.45, 7) is 3.93. The van der Waals surface area contributed by atoms with Crippen LogP contribution in [0.1, 0.15) is 57.5 Å². The molecule has 1 aliphatic carbocycles. The fraction of sp³-hybridized carbons (Fsp3) is 0.478. The number of fused-ring (bicyclic) bond motifs is 1. The molecule has 154 valence electrons. The van der Waals surface area contributed by atoms with Gasteiger partial charge in [-0.05, 0) is 50.5 Å². The van der Waals surface area contributed by atoms with Crippen LogP contribution in [0.2, 0.25) is 0 Å². The fourth-order valence-electron chi connectivity index (χ4n) is 4.68. The minimum atomic E-state index is -0.620. The molecule has 0 atom stereocenters. The summed E-state index contributed by atoms with van der Waals surface area (Å²) in [6, 6.07) is 6.52. The Bertz CT molecular complexity index is 923. The van der Waals surface area contributed by atoms with E-state index in [9.17, 15) is 9.18 Å². The van der Waals surface area contributed by atoms with Crippen LogP contribution in [0.15, 0.2) is 30.5 Å². The Morgan fingerprint density at radius 1 is 1.17 bits per heavy atom. The number of benzene rings is 1. The second-order valence-corrected chi connectivity index (χ2v) is 8.64. The van der Waals surface area contributed by atoms with Gasteiger partial charge in [-0.3, -0.25) is 4.79 Å². The Kier molecular flexibility index (Phi) is 5.30. The summed E-state index contributed by atoms with van der Waals surface area (Å²) in [7, 11) is 0. The van der Waals surface area contributed by atoms with E-state index in [1.165, 1.54) is 44.2 Å². The highest BCUT2D eigenvalue weighted by molar-refractivity contribution is 5.81. The van der Waals surface area contributed by atoms with Crippen molar-refractivity contribution >= 4 is 12.1 Å². The van der Waals surface area contributed by atoms with Crippen LogP contribution in [0.3, 0.4) is 0 Å². The van der Waals surface area contributed by atoms with E-state index in [0.717, 1.165) is 29.2 Å². The summed E-state index contributed by atoms with van der Waals surface area (Å²) in [6.07, 6.45) is 11.0. The molecule has 2 heterocycles.